The molecule has 1 saturated carbocycles. The summed E-state index contributed by atoms with van der Waals surface area (Å²) in [4.78, 5) is 4.64. The monoisotopic (exact) mass is 278 g/mol. The Morgan fingerprint density at radius 1 is 1.42 bits per heavy atom. The number of benzene rings is 1. The molecule has 1 fully saturated rings. The van der Waals surface area contributed by atoms with Crippen LogP contribution in [0.3, 0.4) is 0 Å². The lowest BCUT2D eigenvalue weighted by Gasteiger charge is -2.41. The number of fused-ring (bicyclic) bond motifs is 1. The van der Waals surface area contributed by atoms with E-state index >= 15 is 0 Å². The van der Waals surface area contributed by atoms with Gasteiger partial charge in [0, 0.05) is 7.11 Å². The van der Waals surface area contributed by atoms with Gasteiger partial charge in [0.1, 0.15) is 5.82 Å². The van der Waals surface area contributed by atoms with Gasteiger partial charge in [-0.2, -0.15) is 0 Å². The Bertz CT molecular complexity index is 596. The van der Waals surface area contributed by atoms with Gasteiger partial charge >= 0.3 is 0 Å². The quantitative estimate of drug-likeness (QED) is 0.798. The summed E-state index contributed by atoms with van der Waals surface area (Å²) in [5.74, 6) is 1.37. The van der Waals surface area contributed by atoms with Crippen LogP contribution >= 0.6 is 11.6 Å². The van der Waals surface area contributed by atoms with Gasteiger partial charge in [0.15, 0.2) is 0 Å². The standard InChI is InChI=1S/C15H19ClN2O/c1-11-4-5-13-12(8-11)17-14(9-16)18(13)10-15(19-2)6-3-7-15/h4-5,8H,3,6-7,9-10H2,1-2H3. The predicted octanol–water partition coefficient (Wildman–Crippen LogP) is 3.65. The third kappa shape index (κ3) is 2.15. The summed E-state index contributed by atoms with van der Waals surface area (Å²) < 4.78 is 7.95. The first-order chi connectivity index (χ1) is 9.17. The molecule has 19 heavy (non-hydrogen) atoms. The van der Waals surface area contributed by atoms with Crippen molar-refractivity contribution in [3.05, 3.63) is 29.6 Å². The second-order valence-corrected chi connectivity index (χ2v) is 5.75. The van der Waals surface area contributed by atoms with Gasteiger partial charge in [-0.15, -0.1) is 11.6 Å². The van der Waals surface area contributed by atoms with Crippen LogP contribution in [0.5, 0.6) is 0 Å². The van der Waals surface area contributed by atoms with Crippen LogP contribution in [0, 0.1) is 6.92 Å². The molecular weight excluding hydrogens is 260 g/mol. The average molecular weight is 279 g/mol. The zero-order valence-electron chi connectivity index (χ0n) is 11.4. The minimum atomic E-state index is -0.0146. The molecule has 3 rings (SSSR count). The second kappa shape index (κ2) is 4.80. The molecule has 0 radical (unpaired) electrons. The van der Waals surface area contributed by atoms with Gasteiger partial charge < -0.3 is 9.30 Å². The number of hydrogen-bond donors (Lipinski definition) is 0. The first kappa shape index (κ1) is 12.9. The number of methoxy groups -OCH3 is 1. The second-order valence-electron chi connectivity index (χ2n) is 5.48. The smallest absolute Gasteiger partial charge is 0.124 e. The summed E-state index contributed by atoms with van der Waals surface area (Å²) in [6.45, 7) is 2.94. The molecule has 0 N–H and O–H groups in total. The highest BCUT2D eigenvalue weighted by atomic mass is 35.5. The first-order valence-corrected chi connectivity index (χ1v) is 7.28. The predicted molar refractivity (Wildman–Crippen MR) is 77.6 cm³/mol. The molecule has 4 heteroatoms. The maximum absolute atomic E-state index is 6.05. The van der Waals surface area contributed by atoms with E-state index in [2.05, 4.69) is 34.7 Å². The Kier molecular flexibility index (Phi) is 3.27. The molecule has 3 nitrogen and oxygen atoms in total. The molecule has 0 unspecified atom stereocenters. The molecule has 0 amide bonds. The van der Waals surface area contributed by atoms with E-state index in [0.717, 1.165) is 36.2 Å². The summed E-state index contributed by atoms with van der Waals surface area (Å²) in [5.41, 5.74) is 3.40. The molecule has 1 aromatic carbocycles. The largest absolute Gasteiger partial charge is 0.376 e. The molecule has 0 saturated heterocycles. The van der Waals surface area contributed by atoms with Gasteiger partial charge in [-0.05, 0) is 43.9 Å². The van der Waals surface area contributed by atoms with Crippen molar-refractivity contribution in [3.63, 3.8) is 0 Å². The van der Waals surface area contributed by atoms with E-state index in [4.69, 9.17) is 16.3 Å². The Hall–Kier alpha value is -1.06. The Morgan fingerprint density at radius 3 is 2.79 bits per heavy atom. The molecule has 1 aromatic heterocycles. The van der Waals surface area contributed by atoms with E-state index < -0.39 is 0 Å². The number of alkyl halides is 1. The van der Waals surface area contributed by atoms with Crippen LogP contribution in [0.25, 0.3) is 11.0 Å². The number of ether oxygens (including phenoxy) is 1. The summed E-state index contributed by atoms with van der Waals surface area (Å²) in [5, 5.41) is 0. The molecule has 0 bridgehead atoms. The molecule has 0 atom stereocenters. The third-order valence-electron chi connectivity index (χ3n) is 4.25. The molecule has 1 aliphatic rings. The number of rotatable bonds is 4. The van der Waals surface area contributed by atoms with Gasteiger partial charge in [-0.3, -0.25) is 0 Å². The Labute approximate surface area is 118 Å². The number of imidazole rings is 1. The molecule has 1 heterocycles. The van der Waals surface area contributed by atoms with Crippen molar-refractivity contribution in [2.45, 2.75) is 44.2 Å². The lowest BCUT2D eigenvalue weighted by atomic mass is 9.80. The average Bonchev–Trinajstić information content (AvgIpc) is 2.70. The Morgan fingerprint density at radius 2 is 2.21 bits per heavy atom. The van der Waals surface area contributed by atoms with E-state index in [1.165, 1.54) is 12.0 Å². The summed E-state index contributed by atoms with van der Waals surface area (Å²) >= 11 is 6.05. The molecule has 1 aliphatic carbocycles. The zero-order valence-corrected chi connectivity index (χ0v) is 12.2. The van der Waals surface area contributed by atoms with Gasteiger partial charge in [0.25, 0.3) is 0 Å². The molecule has 2 aromatic rings. The van der Waals surface area contributed by atoms with E-state index in [1.54, 1.807) is 0 Å². The van der Waals surface area contributed by atoms with Crippen molar-refractivity contribution < 1.29 is 4.74 Å². The third-order valence-corrected chi connectivity index (χ3v) is 4.49. The fourth-order valence-electron chi connectivity index (χ4n) is 2.85. The zero-order chi connectivity index (χ0) is 13.5. The molecular formula is C15H19ClN2O. The fourth-order valence-corrected chi connectivity index (χ4v) is 3.06. The number of aryl methyl sites for hydroxylation is 1. The van der Waals surface area contributed by atoms with E-state index in [-0.39, 0.29) is 5.60 Å². The minimum absolute atomic E-state index is 0.0146. The molecule has 102 valence electrons. The lowest BCUT2D eigenvalue weighted by Crippen LogP contribution is -2.43. The van der Waals surface area contributed by atoms with Crippen LogP contribution in [-0.2, 0) is 17.2 Å². The van der Waals surface area contributed by atoms with Crippen molar-refractivity contribution in [1.82, 2.24) is 9.55 Å². The van der Waals surface area contributed by atoms with Gasteiger partial charge in [-0.1, -0.05) is 6.07 Å². The van der Waals surface area contributed by atoms with E-state index in [9.17, 15) is 0 Å². The number of nitrogens with zero attached hydrogens (tertiary/aromatic N) is 2. The van der Waals surface area contributed by atoms with Gasteiger partial charge in [0.05, 0.1) is 29.1 Å². The number of aromatic nitrogens is 2. The van der Waals surface area contributed by atoms with Crippen molar-refractivity contribution in [2.24, 2.45) is 0 Å². The van der Waals surface area contributed by atoms with Crippen LogP contribution in [-0.4, -0.2) is 22.3 Å². The minimum Gasteiger partial charge on any atom is -0.376 e. The van der Waals surface area contributed by atoms with Crippen LogP contribution < -0.4 is 0 Å². The normalized spacial score (nSPS) is 17.6. The summed E-state index contributed by atoms with van der Waals surface area (Å²) in [6, 6.07) is 6.37. The van der Waals surface area contributed by atoms with E-state index in [0.29, 0.717) is 5.88 Å². The topological polar surface area (TPSA) is 27.1 Å². The fraction of sp³-hybridized carbons (Fsp3) is 0.533. The van der Waals surface area contributed by atoms with Crippen LogP contribution in [0.2, 0.25) is 0 Å². The molecule has 0 aliphatic heterocycles. The summed E-state index contributed by atoms with van der Waals surface area (Å²) in [6.07, 6.45) is 3.49. The van der Waals surface area contributed by atoms with Crippen LogP contribution in [0.1, 0.15) is 30.7 Å². The number of halogens is 1. The summed E-state index contributed by atoms with van der Waals surface area (Å²) in [7, 11) is 1.81. The van der Waals surface area contributed by atoms with Gasteiger partial charge in [0.2, 0.25) is 0 Å². The van der Waals surface area contributed by atoms with Crippen molar-refractivity contribution in [3.8, 4) is 0 Å². The van der Waals surface area contributed by atoms with E-state index in [1.807, 2.05) is 7.11 Å². The van der Waals surface area contributed by atoms with Crippen molar-refractivity contribution in [1.29, 1.82) is 0 Å². The highest BCUT2D eigenvalue weighted by molar-refractivity contribution is 6.16. The number of hydrogen-bond acceptors (Lipinski definition) is 2. The van der Waals surface area contributed by atoms with Crippen LogP contribution in [0.15, 0.2) is 18.2 Å². The Balaban J connectivity index is 2.05. The van der Waals surface area contributed by atoms with Gasteiger partial charge in [-0.25, -0.2) is 4.98 Å². The SMILES string of the molecule is COC1(Cn2c(CCl)nc3cc(C)ccc32)CCC1. The maximum atomic E-state index is 6.05. The molecule has 0 spiro atoms. The van der Waals surface area contributed by atoms with Crippen LogP contribution in [0.4, 0.5) is 0 Å². The lowest BCUT2D eigenvalue weighted by molar-refractivity contribution is -0.0831. The highest BCUT2D eigenvalue weighted by Crippen LogP contribution is 2.37. The maximum Gasteiger partial charge on any atom is 0.124 e. The first-order valence-electron chi connectivity index (χ1n) is 6.74. The van der Waals surface area contributed by atoms with Crippen molar-refractivity contribution in [2.75, 3.05) is 7.11 Å². The van der Waals surface area contributed by atoms with Crippen molar-refractivity contribution >= 4 is 22.6 Å². The highest BCUT2D eigenvalue weighted by Gasteiger charge is 2.38.